The number of nitrogens with zero attached hydrogens (tertiary/aromatic N) is 1. The molecule has 7 heteroatoms. The molecule has 0 heterocycles. The molecule has 0 saturated heterocycles. The molecule has 2 aromatic rings. The summed E-state index contributed by atoms with van der Waals surface area (Å²) in [7, 11) is 0. The number of halogens is 3. The number of amides is 2. The van der Waals surface area contributed by atoms with Crippen molar-refractivity contribution in [2.75, 3.05) is 16.8 Å². The zero-order chi connectivity index (χ0) is 20.0. The highest BCUT2D eigenvalue weighted by molar-refractivity contribution is 5.94. The number of anilines is 2. The highest BCUT2D eigenvalue weighted by Crippen LogP contribution is 2.29. The highest BCUT2D eigenvalue weighted by Gasteiger charge is 2.30. The van der Waals surface area contributed by atoms with Crippen LogP contribution in [0.15, 0.2) is 48.5 Å². The van der Waals surface area contributed by atoms with Crippen LogP contribution in [-0.4, -0.2) is 18.4 Å². The van der Waals surface area contributed by atoms with E-state index >= 15 is 0 Å². The van der Waals surface area contributed by atoms with Crippen LogP contribution in [0, 0.1) is 0 Å². The number of rotatable bonds is 6. The summed E-state index contributed by atoms with van der Waals surface area (Å²) < 4.78 is 37.7. The second kappa shape index (κ2) is 8.70. The van der Waals surface area contributed by atoms with Crippen molar-refractivity contribution < 1.29 is 22.8 Å². The van der Waals surface area contributed by atoms with Crippen molar-refractivity contribution in [2.45, 2.75) is 32.9 Å². The molecule has 0 radical (unpaired) electrons. The number of benzene rings is 2. The Bertz CT molecular complexity index is 784. The number of hydrogen-bond donors (Lipinski definition) is 1. The minimum atomic E-state index is -4.42. The zero-order valence-corrected chi connectivity index (χ0v) is 15.1. The molecule has 0 spiro atoms. The predicted molar refractivity (Wildman–Crippen MR) is 98.5 cm³/mol. The fraction of sp³-hybridized carbons (Fsp3) is 0.300. The average molecular weight is 378 g/mol. The number of nitrogens with one attached hydrogen (secondary N) is 1. The third kappa shape index (κ3) is 5.84. The van der Waals surface area contributed by atoms with Gasteiger partial charge in [0.1, 0.15) is 0 Å². The first-order valence-electron chi connectivity index (χ1n) is 8.55. The summed E-state index contributed by atoms with van der Waals surface area (Å²) in [4.78, 5) is 25.5. The predicted octanol–water partition coefficient (Wildman–Crippen LogP) is 4.65. The van der Waals surface area contributed by atoms with E-state index in [0.717, 1.165) is 24.1 Å². The van der Waals surface area contributed by atoms with Gasteiger partial charge >= 0.3 is 6.18 Å². The van der Waals surface area contributed by atoms with E-state index in [9.17, 15) is 22.8 Å². The monoisotopic (exact) mass is 378 g/mol. The van der Waals surface area contributed by atoms with Crippen LogP contribution >= 0.6 is 0 Å². The summed E-state index contributed by atoms with van der Waals surface area (Å²) in [5, 5.41) is 2.54. The van der Waals surface area contributed by atoms with Gasteiger partial charge in [0.05, 0.1) is 5.56 Å². The van der Waals surface area contributed by atoms with E-state index in [1.807, 2.05) is 31.2 Å². The third-order valence-electron chi connectivity index (χ3n) is 4.09. The van der Waals surface area contributed by atoms with Crippen LogP contribution in [0.25, 0.3) is 0 Å². The van der Waals surface area contributed by atoms with E-state index in [4.69, 9.17) is 0 Å². The molecule has 0 saturated carbocycles. The second-order valence-corrected chi connectivity index (χ2v) is 6.06. The molecule has 0 aliphatic heterocycles. The lowest BCUT2D eigenvalue weighted by Crippen LogP contribution is -2.31. The molecule has 0 unspecified atom stereocenters. The van der Waals surface area contributed by atoms with Crippen LogP contribution < -0.4 is 10.2 Å². The third-order valence-corrected chi connectivity index (χ3v) is 4.09. The molecular weight excluding hydrogens is 357 g/mol. The van der Waals surface area contributed by atoms with Crippen molar-refractivity contribution in [1.82, 2.24) is 0 Å². The minimum absolute atomic E-state index is 0.0239. The molecule has 2 rings (SSSR count). The molecule has 1 N–H and O–H groups in total. The molecule has 27 heavy (non-hydrogen) atoms. The van der Waals surface area contributed by atoms with Gasteiger partial charge in [0.25, 0.3) is 0 Å². The maximum Gasteiger partial charge on any atom is 0.416 e. The van der Waals surface area contributed by atoms with Gasteiger partial charge in [0, 0.05) is 31.3 Å². The smallest absolute Gasteiger partial charge is 0.326 e. The van der Waals surface area contributed by atoms with Crippen molar-refractivity contribution in [2.24, 2.45) is 0 Å². The van der Waals surface area contributed by atoms with Gasteiger partial charge in [-0.1, -0.05) is 19.1 Å². The van der Waals surface area contributed by atoms with Crippen LogP contribution in [0.2, 0.25) is 0 Å². The number of hydrogen-bond acceptors (Lipinski definition) is 2. The molecule has 2 amide bonds. The molecule has 0 aliphatic carbocycles. The van der Waals surface area contributed by atoms with E-state index in [-0.39, 0.29) is 30.5 Å². The zero-order valence-electron chi connectivity index (χ0n) is 15.1. The van der Waals surface area contributed by atoms with E-state index < -0.39 is 11.7 Å². The SMILES string of the molecule is CCc1ccc(N(CCC(=O)Nc2ccc(C(F)(F)F)cc2)C(C)=O)cc1. The Labute approximate surface area is 156 Å². The summed E-state index contributed by atoms with van der Waals surface area (Å²) in [5.41, 5.74) is 1.33. The van der Waals surface area contributed by atoms with Crippen LogP contribution in [0.3, 0.4) is 0 Å². The number of carbonyl (C=O) groups excluding carboxylic acids is 2. The lowest BCUT2D eigenvalue weighted by Gasteiger charge is -2.21. The molecular formula is C20H21F3N2O2. The van der Waals surface area contributed by atoms with E-state index in [2.05, 4.69) is 5.32 Å². The number of alkyl halides is 3. The molecule has 0 bridgehead atoms. The van der Waals surface area contributed by atoms with E-state index in [0.29, 0.717) is 5.69 Å². The number of carbonyl (C=O) groups is 2. The fourth-order valence-corrected chi connectivity index (χ4v) is 2.56. The standard InChI is InChI=1S/C20H21F3N2O2/c1-3-15-4-10-18(11-5-15)25(14(2)26)13-12-19(27)24-17-8-6-16(7-9-17)20(21,22)23/h4-11H,3,12-13H2,1-2H3,(H,24,27). The first-order valence-corrected chi connectivity index (χ1v) is 8.55. The Hall–Kier alpha value is -2.83. The van der Waals surface area contributed by atoms with E-state index in [1.54, 1.807) is 0 Å². The van der Waals surface area contributed by atoms with Crippen molar-refractivity contribution in [3.05, 3.63) is 59.7 Å². The van der Waals surface area contributed by atoms with Gasteiger partial charge in [-0.05, 0) is 48.4 Å². The van der Waals surface area contributed by atoms with Crippen molar-refractivity contribution in [3.63, 3.8) is 0 Å². The van der Waals surface area contributed by atoms with Gasteiger partial charge in [0.15, 0.2) is 0 Å². The Morgan fingerprint density at radius 2 is 1.59 bits per heavy atom. The maximum atomic E-state index is 12.6. The molecule has 0 atom stereocenters. The minimum Gasteiger partial charge on any atom is -0.326 e. The largest absolute Gasteiger partial charge is 0.416 e. The molecule has 0 fully saturated rings. The Morgan fingerprint density at radius 1 is 1.00 bits per heavy atom. The van der Waals surface area contributed by atoms with Crippen LogP contribution in [-0.2, 0) is 22.2 Å². The van der Waals surface area contributed by atoms with Gasteiger partial charge in [-0.3, -0.25) is 9.59 Å². The Balaban J connectivity index is 1.96. The average Bonchev–Trinajstić information content (AvgIpc) is 2.62. The first-order chi connectivity index (χ1) is 12.7. The van der Waals surface area contributed by atoms with Crippen molar-refractivity contribution >= 4 is 23.2 Å². The Kier molecular flexibility index (Phi) is 6.60. The van der Waals surface area contributed by atoms with E-state index in [1.165, 1.54) is 24.0 Å². The lowest BCUT2D eigenvalue weighted by molar-refractivity contribution is -0.137. The second-order valence-electron chi connectivity index (χ2n) is 6.06. The van der Waals surface area contributed by atoms with Gasteiger partial charge in [-0.25, -0.2) is 0 Å². The molecule has 0 aromatic heterocycles. The topological polar surface area (TPSA) is 49.4 Å². The summed E-state index contributed by atoms with van der Waals surface area (Å²) in [6.45, 7) is 3.62. The normalized spacial score (nSPS) is 11.1. The lowest BCUT2D eigenvalue weighted by atomic mass is 10.1. The van der Waals surface area contributed by atoms with Gasteiger partial charge in [-0.15, -0.1) is 0 Å². The molecule has 2 aromatic carbocycles. The maximum absolute atomic E-state index is 12.6. The summed E-state index contributed by atoms with van der Waals surface area (Å²) >= 11 is 0. The molecule has 4 nitrogen and oxygen atoms in total. The Morgan fingerprint density at radius 3 is 2.07 bits per heavy atom. The van der Waals surface area contributed by atoms with Crippen LogP contribution in [0.5, 0.6) is 0 Å². The van der Waals surface area contributed by atoms with Crippen LogP contribution in [0.4, 0.5) is 24.5 Å². The van der Waals surface area contributed by atoms with Gasteiger partial charge in [0.2, 0.25) is 11.8 Å². The van der Waals surface area contributed by atoms with Crippen molar-refractivity contribution in [1.29, 1.82) is 0 Å². The molecule has 0 aliphatic rings. The fourth-order valence-electron chi connectivity index (χ4n) is 2.56. The quantitative estimate of drug-likeness (QED) is 0.796. The van der Waals surface area contributed by atoms with Crippen molar-refractivity contribution in [3.8, 4) is 0 Å². The van der Waals surface area contributed by atoms with Crippen LogP contribution in [0.1, 0.15) is 31.4 Å². The highest BCUT2D eigenvalue weighted by atomic mass is 19.4. The number of aryl methyl sites for hydroxylation is 1. The molecule has 144 valence electrons. The van der Waals surface area contributed by atoms with Gasteiger partial charge in [-0.2, -0.15) is 13.2 Å². The summed E-state index contributed by atoms with van der Waals surface area (Å²) in [6.07, 6.45) is -3.51. The summed E-state index contributed by atoms with van der Waals surface area (Å²) in [5.74, 6) is -0.576. The van der Waals surface area contributed by atoms with Gasteiger partial charge < -0.3 is 10.2 Å². The first kappa shape index (κ1) is 20.5. The summed E-state index contributed by atoms with van der Waals surface area (Å²) in [6, 6.07) is 11.7.